The van der Waals surface area contributed by atoms with E-state index in [0.717, 1.165) is 45.8 Å². The molecule has 65 heavy (non-hydrogen) atoms. The lowest BCUT2D eigenvalue weighted by molar-refractivity contribution is -0.438. The number of rotatable bonds is 23. The van der Waals surface area contributed by atoms with E-state index >= 15 is 0 Å². The number of hydrogen-bond donors (Lipinski definition) is 1. The largest absolute Gasteiger partial charge is 0.748 e. The summed E-state index contributed by atoms with van der Waals surface area (Å²) in [4.78, 5) is 25.4. The normalized spacial score (nSPS) is 18.6. The highest BCUT2D eigenvalue weighted by molar-refractivity contribution is 7.86. The lowest BCUT2D eigenvalue weighted by Crippen LogP contribution is -2.28. The molecule has 0 unspecified atom stereocenters. The molecule has 0 aromatic heterocycles. The molecule has 2 aliphatic heterocycles. The number of Topliss-reactive ketones (excluding diaryl/α,β-unsaturated/α-hetero) is 1. The molecule has 1 N–H and O–H groups in total. The van der Waals surface area contributed by atoms with Crippen LogP contribution in [0.2, 0.25) is 0 Å². The molecule has 0 radical (unpaired) electrons. The van der Waals surface area contributed by atoms with E-state index < -0.39 is 58.7 Å². The van der Waals surface area contributed by atoms with Crippen molar-refractivity contribution in [1.29, 1.82) is 0 Å². The van der Waals surface area contributed by atoms with Crippen molar-refractivity contribution in [2.75, 3.05) is 36.1 Å². The van der Waals surface area contributed by atoms with Crippen LogP contribution in [0.15, 0.2) is 88.2 Å². The highest BCUT2D eigenvalue weighted by Crippen LogP contribution is 2.48. The fourth-order valence-corrected chi connectivity index (χ4v) is 10.6. The van der Waals surface area contributed by atoms with Crippen molar-refractivity contribution in [3.05, 3.63) is 100.0 Å². The molecule has 0 atom stereocenters. The molecule has 18 heteroatoms. The van der Waals surface area contributed by atoms with Gasteiger partial charge in [0.15, 0.2) is 5.71 Å². The summed E-state index contributed by atoms with van der Waals surface area (Å²) in [6.07, 6.45) is 12.1. The van der Waals surface area contributed by atoms with Gasteiger partial charge in [-0.1, -0.05) is 37.6 Å². The second kappa shape index (κ2) is 21.0. The van der Waals surface area contributed by atoms with Crippen LogP contribution >= 0.6 is 0 Å². The molecule has 0 saturated carbocycles. The molecule has 5 rings (SSSR count). The van der Waals surface area contributed by atoms with Gasteiger partial charge in [0.25, 0.3) is 0 Å². The van der Waals surface area contributed by atoms with Crippen molar-refractivity contribution in [1.82, 2.24) is 0 Å². The lowest BCUT2D eigenvalue weighted by atomic mass is 9.81. The number of unbranched alkanes of at least 4 members (excludes halogenated alkanes) is 2. The maximum absolute atomic E-state index is 12.6. The quantitative estimate of drug-likeness (QED) is 0.0661. The van der Waals surface area contributed by atoms with E-state index in [1.807, 2.05) is 49.6 Å². The summed E-state index contributed by atoms with van der Waals surface area (Å²) in [7, 11) is -13.6. The van der Waals surface area contributed by atoms with Crippen molar-refractivity contribution >= 4 is 59.2 Å². The first-order chi connectivity index (χ1) is 30.3. The zero-order chi connectivity index (χ0) is 48.0. The number of benzene rings is 2. The van der Waals surface area contributed by atoms with Gasteiger partial charge in [0.05, 0.1) is 37.2 Å². The summed E-state index contributed by atoms with van der Waals surface area (Å²) < 4.78 is 113. The van der Waals surface area contributed by atoms with E-state index in [9.17, 15) is 48.5 Å². The highest BCUT2D eigenvalue weighted by Gasteiger charge is 2.45. The van der Waals surface area contributed by atoms with Crippen LogP contribution in [-0.2, 0) is 55.5 Å². The summed E-state index contributed by atoms with van der Waals surface area (Å²) in [6.45, 7) is 11.1. The van der Waals surface area contributed by atoms with Crippen molar-refractivity contribution in [2.45, 2.75) is 127 Å². The number of ether oxygens (including phenoxy) is 1. The Morgan fingerprint density at radius 1 is 0.785 bits per heavy atom. The minimum atomic E-state index is -4.78. The number of aliphatic carboxylic acids is 1. The molecule has 0 bridgehead atoms. The number of allylic oxidation sites excluding steroid dienone is 7. The van der Waals surface area contributed by atoms with Gasteiger partial charge in [-0.25, -0.2) is 25.3 Å². The molecule has 356 valence electrons. The zero-order valence-corrected chi connectivity index (χ0v) is 40.2. The maximum Gasteiger partial charge on any atom is 0.303 e. The van der Waals surface area contributed by atoms with Crippen molar-refractivity contribution in [2.24, 2.45) is 0 Å². The molecular formula is C47H60N2O13S3-2. The topological polar surface area (TPSA) is 241 Å². The van der Waals surface area contributed by atoms with Crippen LogP contribution in [0, 0.1) is 6.92 Å². The van der Waals surface area contributed by atoms with Gasteiger partial charge in [-0.15, -0.1) is 0 Å². The number of aryl methyl sites for hydroxylation is 1. The average molecular weight is 957 g/mol. The smallest absolute Gasteiger partial charge is 0.303 e. The predicted octanol–water partition coefficient (Wildman–Crippen LogP) is 7.15. The predicted molar refractivity (Wildman–Crippen MR) is 244 cm³/mol. The van der Waals surface area contributed by atoms with E-state index in [-0.39, 0.29) is 55.8 Å². The van der Waals surface area contributed by atoms with Gasteiger partial charge in [-0.05, 0) is 119 Å². The number of ketones is 1. The zero-order valence-electron chi connectivity index (χ0n) is 37.8. The van der Waals surface area contributed by atoms with Gasteiger partial charge in [-0.3, -0.25) is 9.59 Å². The van der Waals surface area contributed by atoms with Crippen LogP contribution in [0.5, 0.6) is 0 Å². The number of carboxylic acid groups (broad SMARTS) is 1. The summed E-state index contributed by atoms with van der Waals surface area (Å²) in [5.74, 6) is -1.37. The van der Waals surface area contributed by atoms with Crippen LogP contribution < -0.4 is 4.90 Å². The Morgan fingerprint density at radius 3 is 2.12 bits per heavy atom. The Bertz CT molecular complexity index is 2660. The standard InChI is InChI=1S/C47H62N2O13S3/c1-33-18-22-40-38(31-33)46(2,3)42(48(40)26-6-8-29-63(53,54)55)24-19-34-13-10-14-35(45(34)62-28-12-16-36(50)15-11-17-44(51)52)20-25-43-47(4,5)39-32-37(65(59,60)61)21-23-41(39)49(43)27-7-9-30-64(56,57)58/h18-25,31-32H,6-17,26-30H2,1-5H3,(H3-,51,52,53,54,55,56,57,58,59,60,61)/p-2. The van der Waals surface area contributed by atoms with Gasteiger partial charge in [0, 0.05) is 78.2 Å². The summed E-state index contributed by atoms with van der Waals surface area (Å²) in [6, 6.07) is 10.4. The average Bonchev–Trinajstić information content (AvgIpc) is 3.54. The molecule has 2 aromatic carbocycles. The number of carboxylic acids is 1. The van der Waals surface area contributed by atoms with Gasteiger partial charge in [0.1, 0.15) is 28.2 Å². The molecule has 15 nitrogen and oxygen atoms in total. The molecule has 1 aliphatic carbocycles. The maximum atomic E-state index is 12.6. The van der Waals surface area contributed by atoms with E-state index in [1.165, 1.54) is 12.1 Å². The van der Waals surface area contributed by atoms with E-state index in [1.54, 1.807) is 6.07 Å². The number of carbonyl (C=O) groups is 2. The van der Waals surface area contributed by atoms with Crippen LogP contribution in [0.1, 0.15) is 121 Å². The van der Waals surface area contributed by atoms with Crippen LogP contribution in [0.25, 0.3) is 0 Å². The Hall–Kier alpha value is -4.46. The third kappa shape index (κ3) is 13.6. The van der Waals surface area contributed by atoms with Crippen LogP contribution in [0.4, 0.5) is 11.4 Å². The monoisotopic (exact) mass is 956 g/mol. The number of anilines is 1. The first-order valence-corrected chi connectivity index (χ1v) is 26.6. The Balaban J connectivity index is 1.56. The molecule has 3 aliphatic rings. The fourth-order valence-electron chi connectivity index (χ4n) is 8.95. The molecule has 2 aromatic rings. The first-order valence-electron chi connectivity index (χ1n) is 22.0. The third-order valence-corrected chi connectivity index (χ3v) is 14.7. The number of fused-ring (bicyclic) bond motifs is 2. The lowest BCUT2D eigenvalue weighted by Gasteiger charge is -2.28. The minimum absolute atomic E-state index is 0.0559. The summed E-state index contributed by atoms with van der Waals surface area (Å²) >= 11 is 0. The van der Waals surface area contributed by atoms with Crippen molar-refractivity contribution < 1.29 is 62.9 Å². The van der Waals surface area contributed by atoms with Crippen LogP contribution in [-0.4, -0.2) is 97.3 Å². The summed E-state index contributed by atoms with van der Waals surface area (Å²) in [5.41, 5.74) is 6.66. The molecule has 0 amide bonds. The van der Waals surface area contributed by atoms with Gasteiger partial charge in [0.2, 0.25) is 5.69 Å². The number of carbonyl (C=O) groups excluding carboxylic acids is 1. The number of hydrogen-bond acceptors (Lipinski definition) is 13. The minimum Gasteiger partial charge on any atom is -0.748 e. The SMILES string of the molecule is Cc1ccc2c(c1)C(C)(C)C(=CC=C1CCCC(C=CC3=[N+](CCCCS(=O)(=O)[O-])c4ccc(S(=O)(=O)[O-])cc4C3(C)C)=C1OCCCC(=O)CCCC(=O)O)N2CCCCS(=O)(=O)[O-]. The van der Waals surface area contributed by atoms with Crippen molar-refractivity contribution in [3.63, 3.8) is 0 Å². The third-order valence-electron chi connectivity index (χ3n) is 12.3. The summed E-state index contributed by atoms with van der Waals surface area (Å²) in [5, 5.41) is 8.99. The van der Waals surface area contributed by atoms with Crippen molar-refractivity contribution in [3.8, 4) is 0 Å². The van der Waals surface area contributed by atoms with E-state index in [0.29, 0.717) is 62.2 Å². The second-order valence-electron chi connectivity index (χ2n) is 18.1. The van der Waals surface area contributed by atoms with E-state index in [4.69, 9.17) is 9.84 Å². The Labute approximate surface area is 383 Å². The molecule has 0 fully saturated rings. The highest BCUT2D eigenvalue weighted by atomic mass is 32.2. The Morgan fingerprint density at radius 2 is 1.46 bits per heavy atom. The van der Waals surface area contributed by atoms with Crippen LogP contribution in [0.3, 0.4) is 0 Å². The molecular weight excluding hydrogens is 897 g/mol. The molecule has 0 saturated heterocycles. The van der Waals surface area contributed by atoms with E-state index in [2.05, 4.69) is 37.0 Å². The van der Waals surface area contributed by atoms with Gasteiger partial charge >= 0.3 is 5.97 Å². The Kier molecular flexibility index (Phi) is 16.7. The van der Waals surface area contributed by atoms with Gasteiger partial charge in [-0.2, -0.15) is 4.58 Å². The number of nitrogens with zero attached hydrogens (tertiary/aromatic N) is 2. The second-order valence-corrected chi connectivity index (χ2v) is 22.5. The fraction of sp³-hybridized carbons (Fsp3) is 0.511. The first kappa shape index (κ1) is 51.5. The molecule has 2 heterocycles. The molecule has 0 spiro atoms. The van der Waals surface area contributed by atoms with Gasteiger partial charge < -0.3 is 28.4 Å².